The Hall–Kier alpha value is -1.72. The lowest BCUT2D eigenvalue weighted by molar-refractivity contribution is -0.274. The van der Waals surface area contributed by atoms with E-state index in [9.17, 15) is 18.0 Å². The van der Waals surface area contributed by atoms with Crippen molar-refractivity contribution < 1.29 is 22.7 Å². The van der Waals surface area contributed by atoms with Gasteiger partial charge in [-0.05, 0) is 29.7 Å². The van der Waals surface area contributed by atoms with E-state index in [-0.39, 0.29) is 17.6 Å². The van der Waals surface area contributed by atoms with Gasteiger partial charge in [-0.25, -0.2) is 0 Å². The van der Waals surface area contributed by atoms with Crippen LogP contribution in [0.25, 0.3) is 0 Å². The fourth-order valence-electron chi connectivity index (χ4n) is 2.26. The lowest BCUT2D eigenvalue weighted by Crippen LogP contribution is -2.19. The SMILES string of the molecule is CCC(C)C1C(=O)Nc2ccc(OC(F)(F)F)cc21. The van der Waals surface area contributed by atoms with Gasteiger partial charge in [-0.15, -0.1) is 13.2 Å². The van der Waals surface area contributed by atoms with Gasteiger partial charge in [0.05, 0.1) is 5.92 Å². The van der Waals surface area contributed by atoms with Gasteiger partial charge in [0.2, 0.25) is 5.91 Å². The minimum atomic E-state index is -4.73. The van der Waals surface area contributed by atoms with Crippen LogP contribution in [0.4, 0.5) is 18.9 Å². The molecule has 1 heterocycles. The quantitative estimate of drug-likeness (QED) is 0.912. The Morgan fingerprint density at radius 1 is 1.42 bits per heavy atom. The third-order valence-corrected chi connectivity index (χ3v) is 3.34. The first-order chi connectivity index (χ1) is 8.81. The van der Waals surface area contributed by atoms with Crippen molar-refractivity contribution >= 4 is 11.6 Å². The molecule has 0 bridgehead atoms. The summed E-state index contributed by atoms with van der Waals surface area (Å²) in [5, 5.41) is 2.68. The summed E-state index contributed by atoms with van der Waals surface area (Å²) in [6.45, 7) is 3.84. The van der Waals surface area contributed by atoms with Gasteiger partial charge in [0.1, 0.15) is 5.75 Å². The Balaban J connectivity index is 2.34. The number of benzene rings is 1. The first-order valence-electron chi connectivity index (χ1n) is 6.02. The molecule has 19 heavy (non-hydrogen) atoms. The second kappa shape index (κ2) is 4.75. The number of nitrogens with one attached hydrogen (secondary N) is 1. The van der Waals surface area contributed by atoms with E-state index in [0.717, 1.165) is 6.42 Å². The fourth-order valence-corrected chi connectivity index (χ4v) is 2.26. The van der Waals surface area contributed by atoms with Gasteiger partial charge in [0.15, 0.2) is 0 Å². The summed E-state index contributed by atoms with van der Waals surface area (Å²) in [6, 6.07) is 3.93. The molecule has 1 N–H and O–H groups in total. The van der Waals surface area contributed by atoms with Crippen LogP contribution < -0.4 is 10.1 Å². The highest BCUT2D eigenvalue weighted by atomic mass is 19.4. The minimum Gasteiger partial charge on any atom is -0.406 e. The van der Waals surface area contributed by atoms with Crippen LogP contribution in [-0.4, -0.2) is 12.3 Å². The molecule has 1 amide bonds. The summed E-state index contributed by atoms with van der Waals surface area (Å²) in [6.07, 6.45) is -3.96. The molecule has 2 atom stereocenters. The predicted molar refractivity (Wildman–Crippen MR) is 64.0 cm³/mol. The van der Waals surface area contributed by atoms with Crippen molar-refractivity contribution in [2.45, 2.75) is 32.5 Å². The number of rotatable bonds is 3. The molecule has 1 aromatic rings. The Morgan fingerprint density at radius 3 is 2.68 bits per heavy atom. The first kappa shape index (κ1) is 13.7. The molecule has 0 radical (unpaired) electrons. The molecule has 0 fully saturated rings. The van der Waals surface area contributed by atoms with Crippen molar-refractivity contribution in [3.05, 3.63) is 23.8 Å². The molecule has 2 unspecified atom stereocenters. The summed E-state index contributed by atoms with van der Waals surface area (Å²) in [7, 11) is 0. The molecule has 0 aromatic heterocycles. The maximum absolute atomic E-state index is 12.2. The predicted octanol–water partition coefficient (Wildman–Crippen LogP) is 3.67. The lowest BCUT2D eigenvalue weighted by atomic mass is 9.86. The second-order valence-corrected chi connectivity index (χ2v) is 4.65. The molecule has 0 spiro atoms. The molecular formula is C13H14F3NO2. The van der Waals surface area contributed by atoms with Gasteiger partial charge < -0.3 is 10.1 Å². The van der Waals surface area contributed by atoms with Crippen LogP contribution >= 0.6 is 0 Å². The highest BCUT2D eigenvalue weighted by molar-refractivity contribution is 6.03. The summed E-state index contributed by atoms with van der Waals surface area (Å²) >= 11 is 0. The molecule has 0 saturated heterocycles. The summed E-state index contributed by atoms with van der Waals surface area (Å²) < 4.78 is 40.4. The second-order valence-electron chi connectivity index (χ2n) is 4.65. The highest BCUT2D eigenvalue weighted by Gasteiger charge is 2.36. The molecule has 104 valence electrons. The van der Waals surface area contributed by atoms with Gasteiger partial charge in [-0.2, -0.15) is 0 Å². The van der Waals surface area contributed by atoms with E-state index < -0.39 is 12.3 Å². The van der Waals surface area contributed by atoms with Crippen LogP contribution in [0.2, 0.25) is 0 Å². The normalized spacial score (nSPS) is 19.8. The average Bonchev–Trinajstić information content (AvgIpc) is 2.61. The van der Waals surface area contributed by atoms with Crippen molar-refractivity contribution in [1.29, 1.82) is 0 Å². The molecule has 1 aliphatic rings. The van der Waals surface area contributed by atoms with Crippen molar-refractivity contribution in [1.82, 2.24) is 0 Å². The first-order valence-corrected chi connectivity index (χ1v) is 6.02. The van der Waals surface area contributed by atoms with E-state index in [0.29, 0.717) is 11.3 Å². The number of amides is 1. The van der Waals surface area contributed by atoms with E-state index in [2.05, 4.69) is 10.1 Å². The Kier molecular flexibility index (Phi) is 3.43. The zero-order valence-corrected chi connectivity index (χ0v) is 10.5. The molecule has 2 rings (SSSR count). The third-order valence-electron chi connectivity index (χ3n) is 3.34. The number of fused-ring (bicyclic) bond motifs is 1. The smallest absolute Gasteiger partial charge is 0.406 e. The standard InChI is InChI=1S/C13H14F3NO2/c1-3-7(2)11-9-6-8(19-13(14,15)16)4-5-10(9)17-12(11)18/h4-7,11H,3H2,1-2H3,(H,17,18). The highest BCUT2D eigenvalue weighted by Crippen LogP contribution is 2.40. The number of halogens is 3. The van der Waals surface area contributed by atoms with Crippen molar-refractivity contribution in [2.75, 3.05) is 5.32 Å². The number of hydrogen-bond donors (Lipinski definition) is 1. The zero-order chi connectivity index (χ0) is 14.2. The van der Waals surface area contributed by atoms with Crippen molar-refractivity contribution in [3.8, 4) is 5.75 Å². The van der Waals surface area contributed by atoms with Crippen LogP contribution in [0.5, 0.6) is 5.75 Å². The van der Waals surface area contributed by atoms with Crippen LogP contribution in [0.15, 0.2) is 18.2 Å². The van der Waals surface area contributed by atoms with Crippen LogP contribution in [0, 0.1) is 5.92 Å². The molecule has 3 nitrogen and oxygen atoms in total. The monoisotopic (exact) mass is 273 g/mol. The molecule has 0 saturated carbocycles. The van der Waals surface area contributed by atoms with Crippen molar-refractivity contribution in [2.24, 2.45) is 5.92 Å². The van der Waals surface area contributed by atoms with Gasteiger partial charge in [-0.3, -0.25) is 4.79 Å². The van der Waals surface area contributed by atoms with E-state index in [1.807, 2.05) is 13.8 Å². The largest absolute Gasteiger partial charge is 0.573 e. The van der Waals surface area contributed by atoms with Gasteiger partial charge in [-0.1, -0.05) is 20.3 Å². The van der Waals surface area contributed by atoms with E-state index >= 15 is 0 Å². The number of alkyl halides is 3. The lowest BCUT2D eigenvalue weighted by Gasteiger charge is -2.16. The van der Waals surface area contributed by atoms with Gasteiger partial charge in [0.25, 0.3) is 0 Å². The molecular weight excluding hydrogens is 259 g/mol. The van der Waals surface area contributed by atoms with E-state index in [1.165, 1.54) is 18.2 Å². The summed E-state index contributed by atoms with van der Waals surface area (Å²) in [5.74, 6) is -0.830. The van der Waals surface area contributed by atoms with Crippen molar-refractivity contribution in [3.63, 3.8) is 0 Å². The summed E-state index contributed by atoms with van der Waals surface area (Å²) in [4.78, 5) is 11.9. The van der Waals surface area contributed by atoms with Gasteiger partial charge >= 0.3 is 6.36 Å². The van der Waals surface area contributed by atoms with Crippen LogP contribution in [-0.2, 0) is 4.79 Å². The average molecular weight is 273 g/mol. The maximum atomic E-state index is 12.2. The van der Waals surface area contributed by atoms with Crippen LogP contribution in [0.1, 0.15) is 31.7 Å². The zero-order valence-electron chi connectivity index (χ0n) is 10.5. The molecule has 1 aromatic carbocycles. The van der Waals surface area contributed by atoms with E-state index in [4.69, 9.17) is 0 Å². The Bertz CT molecular complexity index is 499. The van der Waals surface area contributed by atoms with E-state index in [1.54, 1.807) is 0 Å². The number of hydrogen-bond acceptors (Lipinski definition) is 2. The molecule has 6 heteroatoms. The third kappa shape index (κ3) is 2.83. The number of carbonyl (C=O) groups is 1. The van der Waals surface area contributed by atoms with Crippen LogP contribution in [0.3, 0.4) is 0 Å². The summed E-state index contributed by atoms with van der Waals surface area (Å²) in [5.41, 5.74) is 1.13. The topological polar surface area (TPSA) is 38.3 Å². The molecule has 1 aliphatic heterocycles. The number of carbonyl (C=O) groups excluding carboxylic acids is 1. The number of anilines is 1. The Labute approximate surface area is 108 Å². The molecule has 0 aliphatic carbocycles. The van der Waals surface area contributed by atoms with Gasteiger partial charge in [0, 0.05) is 5.69 Å². The minimum absolute atomic E-state index is 0.0578. The maximum Gasteiger partial charge on any atom is 0.573 e. The number of ether oxygens (including phenoxy) is 1. The fraction of sp³-hybridized carbons (Fsp3) is 0.462. The Morgan fingerprint density at radius 2 is 2.11 bits per heavy atom.